The molecule has 0 spiro atoms. The summed E-state index contributed by atoms with van der Waals surface area (Å²) < 4.78 is 14.5. The number of carbonyl (C=O) groups excluding carboxylic acids is 1. The van der Waals surface area contributed by atoms with E-state index in [2.05, 4.69) is 33.5 Å². The summed E-state index contributed by atoms with van der Waals surface area (Å²) in [5.74, 6) is 1.34. The van der Waals surface area contributed by atoms with Crippen molar-refractivity contribution in [2.75, 3.05) is 36.5 Å². The van der Waals surface area contributed by atoms with Crippen molar-refractivity contribution in [2.24, 2.45) is 7.05 Å². The van der Waals surface area contributed by atoms with Crippen LogP contribution in [0.3, 0.4) is 0 Å². The predicted octanol–water partition coefficient (Wildman–Crippen LogP) is 5.86. The molecule has 0 aliphatic carbocycles. The van der Waals surface area contributed by atoms with Crippen LogP contribution in [-0.4, -0.2) is 62.3 Å². The van der Waals surface area contributed by atoms with Crippen molar-refractivity contribution >= 4 is 34.4 Å². The van der Waals surface area contributed by atoms with E-state index in [-0.39, 0.29) is 0 Å². The van der Waals surface area contributed by atoms with Gasteiger partial charge in [-0.3, -0.25) is 9.25 Å². The molecule has 5 aromatic rings. The first-order valence-corrected chi connectivity index (χ1v) is 13.7. The molecule has 6 rings (SSSR count). The molecule has 3 aromatic heterocycles. The lowest BCUT2D eigenvalue weighted by Gasteiger charge is -2.27. The van der Waals surface area contributed by atoms with Crippen molar-refractivity contribution in [3.8, 4) is 22.5 Å². The standard InChI is InChI=1S/C31H33N7O3/c1-31(2,3)41-30(39)38-13-5-6-26(38)21-9-11-24(12-10-21)33-28-19-25(34-29(35-28)37-14-16-40-17-15-37)22-7-8-23-20-32-36(4)27(23)18-22/h5-13,18-20H,14-17H2,1-4H3,(H,33,34,35). The van der Waals surface area contributed by atoms with Crippen LogP contribution < -0.4 is 10.2 Å². The Kier molecular flexibility index (Phi) is 6.92. The van der Waals surface area contributed by atoms with Gasteiger partial charge in [-0.15, -0.1) is 0 Å². The Morgan fingerprint density at radius 3 is 2.49 bits per heavy atom. The number of morpholine rings is 1. The molecule has 0 bridgehead atoms. The molecule has 0 unspecified atom stereocenters. The fraction of sp³-hybridized carbons (Fsp3) is 0.290. The van der Waals surface area contributed by atoms with E-state index in [1.54, 1.807) is 6.20 Å². The molecular weight excluding hydrogens is 518 g/mol. The van der Waals surface area contributed by atoms with Crippen LogP contribution in [0.15, 0.2) is 73.1 Å². The number of aryl methyl sites for hydroxylation is 1. The van der Waals surface area contributed by atoms with Gasteiger partial charge >= 0.3 is 6.09 Å². The zero-order chi connectivity index (χ0) is 28.6. The van der Waals surface area contributed by atoms with Crippen LogP contribution in [0.25, 0.3) is 33.4 Å². The van der Waals surface area contributed by atoms with Crippen molar-refractivity contribution in [3.05, 3.63) is 73.1 Å². The number of fused-ring (bicyclic) bond motifs is 1. The summed E-state index contributed by atoms with van der Waals surface area (Å²) in [5.41, 5.74) is 4.78. The number of rotatable bonds is 5. The lowest BCUT2D eigenvalue weighted by atomic mass is 10.1. The number of hydrogen-bond acceptors (Lipinski definition) is 8. The topological polar surface area (TPSA) is 99.3 Å². The van der Waals surface area contributed by atoms with Crippen LogP contribution in [0.1, 0.15) is 20.8 Å². The Morgan fingerprint density at radius 2 is 1.73 bits per heavy atom. The van der Waals surface area contributed by atoms with E-state index in [0.717, 1.165) is 52.2 Å². The quantitative estimate of drug-likeness (QED) is 0.290. The molecule has 1 aliphatic rings. The van der Waals surface area contributed by atoms with E-state index < -0.39 is 11.7 Å². The third kappa shape index (κ3) is 5.78. The molecule has 10 nitrogen and oxygen atoms in total. The first-order valence-electron chi connectivity index (χ1n) is 13.7. The predicted molar refractivity (Wildman–Crippen MR) is 160 cm³/mol. The molecule has 1 saturated heterocycles. The van der Waals surface area contributed by atoms with Crippen LogP contribution in [-0.2, 0) is 16.5 Å². The van der Waals surface area contributed by atoms with Crippen molar-refractivity contribution in [3.63, 3.8) is 0 Å². The summed E-state index contributed by atoms with van der Waals surface area (Å²) in [6.07, 6.45) is 3.17. The van der Waals surface area contributed by atoms with Crippen LogP contribution >= 0.6 is 0 Å². The number of carbonyl (C=O) groups is 1. The average Bonchev–Trinajstić information content (AvgIpc) is 3.60. The van der Waals surface area contributed by atoms with E-state index in [0.29, 0.717) is 25.0 Å². The van der Waals surface area contributed by atoms with E-state index in [1.165, 1.54) is 4.57 Å². The number of benzene rings is 2. The SMILES string of the molecule is Cn1ncc2ccc(-c3cc(Nc4ccc(-c5cccn5C(=O)OC(C)(C)C)cc4)nc(N4CCOCC4)n3)cc21. The highest BCUT2D eigenvalue weighted by Crippen LogP contribution is 2.29. The summed E-state index contributed by atoms with van der Waals surface area (Å²) in [7, 11) is 1.94. The fourth-order valence-corrected chi connectivity index (χ4v) is 4.81. The molecule has 41 heavy (non-hydrogen) atoms. The van der Waals surface area contributed by atoms with E-state index in [9.17, 15) is 4.79 Å². The molecule has 2 aromatic carbocycles. The maximum atomic E-state index is 12.7. The van der Waals surface area contributed by atoms with Gasteiger partial charge in [0.25, 0.3) is 0 Å². The second-order valence-corrected chi connectivity index (χ2v) is 11.0. The first kappa shape index (κ1) is 26.5. The third-order valence-electron chi connectivity index (χ3n) is 6.85. The van der Waals surface area contributed by atoms with Crippen molar-refractivity contribution in [2.45, 2.75) is 26.4 Å². The zero-order valence-electron chi connectivity index (χ0n) is 23.7. The first-order chi connectivity index (χ1) is 19.7. The number of nitrogens with zero attached hydrogens (tertiary/aromatic N) is 6. The summed E-state index contributed by atoms with van der Waals surface area (Å²) in [4.78, 5) is 24.6. The summed E-state index contributed by atoms with van der Waals surface area (Å²) in [6.45, 7) is 8.32. The smallest absolute Gasteiger partial charge is 0.418 e. The van der Waals surface area contributed by atoms with Gasteiger partial charge in [-0.1, -0.05) is 24.3 Å². The molecular formula is C31H33N7O3. The Hall–Kier alpha value is -4.70. The van der Waals surface area contributed by atoms with Crippen LogP contribution in [0, 0.1) is 0 Å². The van der Waals surface area contributed by atoms with Gasteiger partial charge < -0.3 is 19.7 Å². The van der Waals surface area contributed by atoms with Gasteiger partial charge in [0.15, 0.2) is 0 Å². The van der Waals surface area contributed by atoms with Gasteiger partial charge in [0.05, 0.1) is 36.3 Å². The van der Waals surface area contributed by atoms with Gasteiger partial charge in [0.2, 0.25) is 5.95 Å². The number of hydrogen-bond donors (Lipinski definition) is 1. The molecule has 1 N–H and O–H groups in total. The highest BCUT2D eigenvalue weighted by molar-refractivity contribution is 5.84. The highest BCUT2D eigenvalue weighted by atomic mass is 16.6. The molecule has 0 atom stereocenters. The number of aromatic nitrogens is 5. The minimum Gasteiger partial charge on any atom is -0.443 e. The molecule has 1 aliphatic heterocycles. The molecule has 0 amide bonds. The minimum atomic E-state index is -0.577. The Balaban J connectivity index is 1.30. The van der Waals surface area contributed by atoms with Gasteiger partial charge in [0.1, 0.15) is 11.4 Å². The summed E-state index contributed by atoms with van der Waals surface area (Å²) >= 11 is 0. The number of ether oxygens (including phenoxy) is 2. The van der Waals surface area contributed by atoms with E-state index in [4.69, 9.17) is 19.4 Å². The summed E-state index contributed by atoms with van der Waals surface area (Å²) in [5, 5.41) is 8.90. The van der Waals surface area contributed by atoms with Gasteiger partial charge in [-0.25, -0.2) is 9.78 Å². The molecule has 210 valence electrons. The van der Waals surface area contributed by atoms with E-state index in [1.807, 2.05) is 81.2 Å². The van der Waals surface area contributed by atoms with Crippen molar-refractivity contribution < 1.29 is 14.3 Å². The monoisotopic (exact) mass is 551 g/mol. The highest BCUT2D eigenvalue weighted by Gasteiger charge is 2.20. The number of nitrogens with one attached hydrogen (secondary N) is 1. The Morgan fingerprint density at radius 1 is 0.976 bits per heavy atom. The van der Waals surface area contributed by atoms with Crippen LogP contribution in [0.5, 0.6) is 0 Å². The minimum absolute atomic E-state index is 0.409. The lowest BCUT2D eigenvalue weighted by molar-refractivity contribution is 0.0540. The second kappa shape index (κ2) is 10.7. The second-order valence-electron chi connectivity index (χ2n) is 11.0. The van der Waals surface area contributed by atoms with Crippen molar-refractivity contribution in [1.29, 1.82) is 0 Å². The Labute approximate surface area is 238 Å². The van der Waals surface area contributed by atoms with Gasteiger partial charge in [-0.2, -0.15) is 10.1 Å². The fourth-order valence-electron chi connectivity index (χ4n) is 4.81. The normalized spacial score (nSPS) is 13.9. The maximum Gasteiger partial charge on any atom is 0.418 e. The molecule has 4 heterocycles. The molecule has 10 heteroatoms. The van der Waals surface area contributed by atoms with Crippen LogP contribution in [0.2, 0.25) is 0 Å². The largest absolute Gasteiger partial charge is 0.443 e. The van der Waals surface area contributed by atoms with Gasteiger partial charge in [-0.05, 0) is 56.7 Å². The zero-order valence-corrected chi connectivity index (χ0v) is 23.7. The average molecular weight is 552 g/mol. The number of anilines is 3. The molecule has 0 radical (unpaired) electrons. The van der Waals surface area contributed by atoms with Gasteiger partial charge in [0, 0.05) is 49.0 Å². The summed E-state index contributed by atoms with van der Waals surface area (Å²) in [6, 6.07) is 19.8. The molecule has 0 saturated carbocycles. The van der Waals surface area contributed by atoms with Crippen LogP contribution in [0.4, 0.5) is 22.2 Å². The van der Waals surface area contributed by atoms with E-state index >= 15 is 0 Å². The Bertz CT molecular complexity index is 1690. The lowest BCUT2D eigenvalue weighted by Crippen LogP contribution is -2.37. The van der Waals surface area contributed by atoms with Crippen molar-refractivity contribution in [1.82, 2.24) is 24.3 Å². The molecule has 1 fully saturated rings. The maximum absolute atomic E-state index is 12.7. The third-order valence-corrected chi connectivity index (χ3v) is 6.85.